The van der Waals surface area contributed by atoms with E-state index in [9.17, 15) is 9.18 Å². The molecule has 0 aliphatic heterocycles. The first-order valence-corrected chi connectivity index (χ1v) is 7.32. The van der Waals surface area contributed by atoms with Crippen LogP contribution < -0.4 is 5.32 Å². The van der Waals surface area contributed by atoms with Crippen LogP contribution in [-0.4, -0.2) is 12.5 Å². The number of rotatable bonds is 4. The molecule has 0 atom stereocenters. The van der Waals surface area contributed by atoms with E-state index in [1.54, 1.807) is 36.4 Å². The fraction of sp³-hybridized carbons (Fsp3) is 0.133. The first-order chi connectivity index (χ1) is 9.58. The van der Waals surface area contributed by atoms with E-state index < -0.39 is 0 Å². The summed E-state index contributed by atoms with van der Waals surface area (Å²) in [5.41, 5.74) is 1.11. The lowest BCUT2D eigenvalue weighted by molar-refractivity contribution is 0.0953. The van der Waals surface area contributed by atoms with E-state index in [4.69, 9.17) is 0 Å². The molecule has 2 nitrogen and oxygen atoms in total. The zero-order chi connectivity index (χ0) is 14.5. The molecule has 2 rings (SSSR count). The van der Waals surface area contributed by atoms with Crippen molar-refractivity contribution in [3.8, 4) is 0 Å². The SMILES string of the molecule is O=C(NCCc1ccccc1F)c1cc(S)ccc1Br. The minimum Gasteiger partial charge on any atom is -0.352 e. The molecule has 1 amide bonds. The van der Waals surface area contributed by atoms with Crippen LogP contribution in [0.15, 0.2) is 51.8 Å². The summed E-state index contributed by atoms with van der Waals surface area (Å²) >= 11 is 7.53. The molecule has 0 spiro atoms. The molecule has 5 heteroatoms. The van der Waals surface area contributed by atoms with Crippen LogP contribution in [0.2, 0.25) is 0 Å². The van der Waals surface area contributed by atoms with Crippen molar-refractivity contribution in [2.45, 2.75) is 11.3 Å². The van der Waals surface area contributed by atoms with Gasteiger partial charge in [-0.1, -0.05) is 18.2 Å². The molecule has 0 aromatic heterocycles. The van der Waals surface area contributed by atoms with Crippen molar-refractivity contribution in [2.24, 2.45) is 0 Å². The van der Waals surface area contributed by atoms with E-state index in [1.165, 1.54) is 6.07 Å². The average Bonchev–Trinajstić information content (AvgIpc) is 2.43. The van der Waals surface area contributed by atoms with Crippen molar-refractivity contribution in [3.63, 3.8) is 0 Å². The summed E-state index contributed by atoms with van der Waals surface area (Å²) in [4.78, 5) is 12.7. The number of amides is 1. The van der Waals surface area contributed by atoms with Gasteiger partial charge in [0.05, 0.1) is 5.56 Å². The zero-order valence-electron chi connectivity index (χ0n) is 10.6. The number of carbonyl (C=O) groups is 1. The molecule has 0 saturated heterocycles. The van der Waals surface area contributed by atoms with Gasteiger partial charge in [0.15, 0.2) is 0 Å². The Morgan fingerprint density at radius 2 is 2.00 bits per heavy atom. The van der Waals surface area contributed by atoms with Crippen LogP contribution in [0, 0.1) is 5.82 Å². The van der Waals surface area contributed by atoms with E-state index >= 15 is 0 Å². The smallest absolute Gasteiger partial charge is 0.252 e. The quantitative estimate of drug-likeness (QED) is 0.803. The Morgan fingerprint density at radius 3 is 2.75 bits per heavy atom. The molecule has 0 aliphatic rings. The van der Waals surface area contributed by atoms with Gasteiger partial charge >= 0.3 is 0 Å². The van der Waals surface area contributed by atoms with Gasteiger partial charge in [-0.2, -0.15) is 0 Å². The molecule has 0 radical (unpaired) electrons. The number of nitrogens with one attached hydrogen (secondary N) is 1. The van der Waals surface area contributed by atoms with Gasteiger partial charge in [-0.15, -0.1) is 12.6 Å². The van der Waals surface area contributed by atoms with E-state index in [0.717, 1.165) is 0 Å². The van der Waals surface area contributed by atoms with Crippen LogP contribution in [0.1, 0.15) is 15.9 Å². The van der Waals surface area contributed by atoms with Crippen LogP contribution in [0.5, 0.6) is 0 Å². The van der Waals surface area contributed by atoms with Crippen molar-refractivity contribution < 1.29 is 9.18 Å². The number of hydrogen-bond acceptors (Lipinski definition) is 2. The summed E-state index contributed by atoms with van der Waals surface area (Å²) in [5, 5.41) is 2.77. The van der Waals surface area contributed by atoms with Crippen molar-refractivity contribution in [1.82, 2.24) is 5.32 Å². The largest absolute Gasteiger partial charge is 0.352 e. The predicted molar refractivity (Wildman–Crippen MR) is 83.8 cm³/mol. The number of halogens is 2. The second-order valence-electron chi connectivity index (χ2n) is 4.26. The Bertz CT molecular complexity index is 633. The maximum absolute atomic E-state index is 13.4. The van der Waals surface area contributed by atoms with Crippen LogP contribution >= 0.6 is 28.6 Å². The topological polar surface area (TPSA) is 29.1 Å². The lowest BCUT2D eigenvalue weighted by atomic mass is 10.1. The molecule has 20 heavy (non-hydrogen) atoms. The van der Waals surface area contributed by atoms with Crippen LogP contribution in [0.3, 0.4) is 0 Å². The van der Waals surface area contributed by atoms with E-state index in [1.807, 2.05) is 0 Å². The predicted octanol–water partition coefficient (Wildman–Crippen LogP) is 3.85. The fourth-order valence-electron chi connectivity index (χ4n) is 1.79. The van der Waals surface area contributed by atoms with Crippen molar-refractivity contribution in [1.29, 1.82) is 0 Å². The molecule has 0 fully saturated rings. The third kappa shape index (κ3) is 3.84. The third-order valence-corrected chi connectivity index (χ3v) is 3.80. The summed E-state index contributed by atoms with van der Waals surface area (Å²) < 4.78 is 14.1. The summed E-state index contributed by atoms with van der Waals surface area (Å²) in [6.07, 6.45) is 0.455. The van der Waals surface area contributed by atoms with E-state index in [2.05, 4.69) is 33.9 Å². The second kappa shape index (κ2) is 6.90. The van der Waals surface area contributed by atoms with Gasteiger partial charge in [0.1, 0.15) is 5.82 Å². The first-order valence-electron chi connectivity index (χ1n) is 6.08. The molecule has 2 aromatic carbocycles. The van der Waals surface area contributed by atoms with Gasteiger partial charge in [0.2, 0.25) is 0 Å². The van der Waals surface area contributed by atoms with Gasteiger partial charge < -0.3 is 5.32 Å². The Hall–Kier alpha value is -1.33. The van der Waals surface area contributed by atoms with Crippen LogP contribution in [0.4, 0.5) is 4.39 Å². The maximum Gasteiger partial charge on any atom is 0.252 e. The van der Waals surface area contributed by atoms with Gasteiger partial charge in [0, 0.05) is 15.9 Å². The highest BCUT2D eigenvalue weighted by atomic mass is 79.9. The highest BCUT2D eigenvalue weighted by molar-refractivity contribution is 9.10. The molecule has 0 saturated carbocycles. The minimum absolute atomic E-state index is 0.205. The number of carbonyl (C=O) groups excluding carboxylic acids is 1. The van der Waals surface area contributed by atoms with Gasteiger partial charge in [0.25, 0.3) is 5.91 Å². The molecule has 0 heterocycles. The normalized spacial score (nSPS) is 10.3. The monoisotopic (exact) mass is 353 g/mol. The summed E-state index contributed by atoms with van der Waals surface area (Å²) in [6.45, 7) is 0.378. The Kier molecular flexibility index (Phi) is 5.20. The highest BCUT2D eigenvalue weighted by Crippen LogP contribution is 2.20. The van der Waals surface area contributed by atoms with Crippen molar-refractivity contribution in [2.75, 3.05) is 6.54 Å². The molecule has 0 unspecified atom stereocenters. The number of hydrogen-bond donors (Lipinski definition) is 2. The van der Waals surface area contributed by atoms with E-state index in [-0.39, 0.29) is 11.7 Å². The summed E-state index contributed by atoms with van der Waals surface area (Å²) in [7, 11) is 0. The van der Waals surface area contributed by atoms with Crippen LogP contribution in [0.25, 0.3) is 0 Å². The number of benzene rings is 2. The molecule has 104 valence electrons. The summed E-state index contributed by atoms with van der Waals surface area (Å²) in [6, 6.07) is 11.8. The molecular formula is C15H13BrFNOS. The Morgan fingerprint density at radius 1 is 1.25 bits per heavy atom. The molecule has 0 aliphatic carbocycles. The third-order valence-electron chi connectivity index (χ3n) is 2.83. The minimum atomic E-state index is -0.250. The van der Waals surface area contributed by atoms with Crippen molar-refractivity contribution >= 4 is 34.5 Å². The van der Waals surface area contributed by atoms with Gasteiger partial charge in [-0.25, -0.2) is 4.39 Å². The fourth-order valence-corrected chi connectivity index (χ4v) is 2.42. The molecular weight excluding hydrogens is 341 g/mol. The Balaban J connectivity index is 1.96. The molecule has 2 aromatic rings. The zero-order valence-corrected chi connectivity index (χ0v) is 13.0. The molecule has 0 bridgehead atoms. The average molecular weight is 354 g/mol. The standard InChI is InChI=1S/C15H13BrFNOS/c16-13-6-5-11(20)9-12(13)15(19)18-8-7-10-3-1-2-4-14(10)17/h1-6,9,20H,7-8H2,(H,18,19). The number of thiol groups is 1. The van der Waals surface area contributed by atoms with Gasteiger partial charge in [-0.05, 0) is 52.2 Å². The summed E-state index contributed by atoms with van der Waals surface area (Å²) in [5.74, 6) is -0.454. The molecule has 1 N–H and O–H groups in total. The van der Waals surface area contributed by atoms with E-state index in [0.29, 0.717) is 33.5 Å². The highest BCUT2D eigenvalue weighted by Gasteiger charge is 2.10. The second-order valence-corrected chi connectivity index (χ2v) is 5.63. The Labute approximate surface area is 130 Å². The van der Waals surface area contributed by atoms with Crippen LogP contribution in [-0.2, 0) is 6.42 Å². The maximum atomic E-state index is 13.4. The lowest BCUT2D eigenvalue weighted by Gasteiger charge is -2.08. The van der Waals surface area contributed by atoms with Gasteiger partial charge in [-0.3, -0.25) is 4.79 Å². The van der Waals surface area contributed by atoms with Crippen molar-refractivity contribution in [3.05, 3.63) is 63.9 Å². The first kappa shape index (κ1) is 15.1. The lowest BCUT2D eigenvalue weighted by Crippen LogP contribution is -2.26.